The fraction of sp³-hybridized carbons (Fsp3) is 0.292. The van der Waals surface area contributed by atoms with Crippen LogP contribution in [0, 0.1) is 0 Å². The van der Waals surface area contributed by atoms with Gasteiger partial charge in [-0.3, -0.25) is 4.79 Å². The number of aromatic carboxylic acids is 1. The number of amides is 1. The highest BCUT2D eigenvalue weighted by atomic mass is 32.1. The fourth-order valence-corrected chi connectivity index (χ4v) is 4.63. The smallest absolute Gasteiger partial charge is 0.335 e. The molecule has 0 aliphatic heterocycles. The van der Waals surface area contributed by atoms with E-state index in [0.29, 0.717) is 34.5 Å². The molecule has 0 bridgehead atoms. The number of rotatable bonds is 10. The molecule has 4 N–H and O–H groups in total. The maximum atomic E-state index is 12.9. The summed E-state index contributed by atoms with van der Waals surface area (Å²) in [6.45, 7) is 1.23. The van der Waals surface area contributed by atoms with Crippen LogP contribution < -0.4 is 16.0 Å². The van der Waals surface area contributed by atoms with Crippen molar-refractivity contribution in [2.45, 2.75) is 25.3 Å². The second kappa shape index (κ2) is 10.5. The first-order chi connectivity index (χ1) is 16.0. The van der Waals surface area contributed by atoms with E-state index in [0.717, 1.165) is 19.3 Å². The zero-order valence-electron chi connectivity index (χ0n) is 18.3. The van der Waals surface area contributed by atoms with Gasteiger partial charge in [0, 0.05) is 26.3 Å². The van der Waals surface area contributed by atoms with E-state index in [1.54, 1.807) is 13.2 Å². The molecule has 0 unspecified atom stereocenters. The van der Waals surface area contributed by atoms with E-state index in [1.165, 1.54) is 40.8 Å². The zero-order valence-corrected chi connectivity index (χ0v) is 19.1. The van der Waals surface area contributed by atoms with E-state index in [4.69, 9.17) is 4.74 Å². The molecule has 172 valence electrons. The predicted octanol–water partition coefficient (Wildman–Crippen LogP) is 4.12. The van der Waals surface area contributed by atoms with Crippen LogP contribution >= 0.6 is 11.3 Å². The van der Waals surface area contributed by atoms with Gasteiger partial charge in [0.15, 0.2) is 5.13 Å². The molecule has 3 aromatic rings. The van der Waals surface area contributed by atoms with Crippen LogP contribution in [-0.4, -0.2) is 48.3 Å². The van der Waals surface area contributed by atoms with Crippen molar-refractivity contribution in [3.05, 3.63) is 70.2 Å². The van der Waals surface area contributed by atoms with Crippen molar-refractivity contribution in [3.63, 3.8) is 0 Å². The summed E-state index contributed by atoms with van der Waals surface area (Å²) in [5.41, 5.74) is 3.84. The number of carboxylic acids is 1. The van der Waals surface area contributed by atoms with Crippen molar-refractivity contribution in [1.29, 1.82) is 0 Å². The summed E-state index contributed by atoms with van der Waals surface area (Å²) in [6, 6.07) is 13.2. The van der Waals surface area contributed by atoms with Gasteiger partial charge in [0.05, 0.1) is 23.1 Å². The Bertz CT molecular complexity index is 1120. The van der Waals surface area contributed by atoms with Crippen LogP contribution in [-0.2, 0) is 17.6 Å². The van der Waals surface area contributed by atoms with E-state index in [-0.39, 0.29) is 17.5 Å². The van der Waals surface area contributed by atoms with Crippen molar-refractivity contribution in [1.82, 2.24) is 4.98 Å². The van der Waals surface area contributed by atoms with Crippen LogP contribution in [0.1, 0.15) is 37.6 Å². The Labute approximate surface area is 196 Å². The minimum Gasteiger partial charge on any atom is -0.478 e. The maximum Gasteiger partial charge on any atom is 0.335 e. The summed E-state index contributed by atoms with van der Waals surface area (Å²) in [6.07, 6.45) is 4.17. The Kier molecular flexibility index (Phi) is 7.21. The second-order valence-corrected chi connectivity index (χ2v) is 8.87. The molecule has 1 aliphatic rings. The third kappa shape index (κ3) is 5.68. The third-order valence-electron chi connectivity index (χ3n) is 5.46. The Morgan fingerprint density at radius 1 is 1.15 bits per heavy atom. The Morgan fingerprint density at radius 2 is 1.91 bits per heavy atom. The number of carboxylic acid groups (broad SMARTS) is 1. The lowest BCUT2D eigenvalue weighted by molar-refractivity contribution is 0.0696. The van der Waals surface area contributed by atoms with Crippen LogP contribution in [0.15, 0.2) is 48.7 Å². The maximum absolute atomic E-state index is 12.9. The van der Waals surface area contributed by atoms with Crippen LogP contribution in [0.25, 0.3) is 0 Å². The minimum absolute atomic E-state index is 0.0974. The number of methoxy groups -OCH3 is 1. The summed E-state index contributed by atoms with van der Waals surface area (Å²) in [7, 11) is 1.64. The Hall–Kier alpha value is -3.43. The number of benzene rings is 2. The highest BCUT2D eigenvalue weighted by molar-refractivity contribution is 7.17. The van der Waals surface area contributed by atoms with Crippen LogP contribution in [0.3, 0.4) is 0 Å². The Balaban J connectivity index is 1.42. The molecule has 0 saturated heterocycles. The Morgan fingerprint density at radius 3 is 2.61 bits per heavy atom. The van der Waals surface area contributed by atoms with Gasteiger partial charge >= 0.3 is 5.97 Å². The molecule has 9 heteroatoms. The number of carbonyl (C=O) groups is 2. The first kappa shape index (κ1) is 22.8. The van der Waals surface area contributed by atoms with Crippen molar-refractivity contribution in [3.8, 4) is 0 Å². The molecule has 33 heavy (non-hydrogen) atoms. The molecule has 4 rings (SSSR count). The molecule has 1 heterocycles. The van der Waals surface area contributed by atoms with Gasteiger partial charge in [-0.2, -0.15) is 0 Å². The number of anilines is 3. The molecule has 0 spiro atoms. The first-order valence-electron chi connectivity index (χ1n) is 10.7. The number of hydrogen-bond donors (Lipinski definition) is 4. The minimum atomic E-state index is -1.06. The number of thiazole rings is 1. The highest BCUT2D eigenvalue weighted by Gasteiger charge is 2.22. The lowest BCUT2D eigenvalue weighted by Crippen LogP contribution is -2.19. The molecule has 8 nitrogen and oxygen atoms in total. The molecule has 0 atom stereocenters. The monoisotopic (exact) mass is 466 g/mol. The van der Waals surface area contributed by atoms with Crippen LogP contribution in [0.4, 0.5) is 16.5 Å². The van der Waals surface area contributed by atoms with Gasteiger partial charge in [-0.25, -0.2) is 9.78 Å². The summed E-state index contributed by atoms with van der Waals surface area (Å²) in [5.74, 6) is -1.39. The van der Waals surface area contributed by atoms with Crippen LogP contribution in [0.5, 0.6) is 0 Å². The molecule has 1 amide bonds. The number of ether oxygens (including phenoxy) is 1. The average molecular weight is 467 g/mol. The molecular formula is C24H26N4O4S. The molecule has 0 radical (unpaired) electrons. The summed E-state index contributed by atoms with van der Waals surface area (Å²) in [4.78, 5) is 29.1. The van der Waals surface area contributed by atoms with E-state index >= 15 is 0 Å². The van der Waals surface area contributed by atoms with Crippen LogP contribution in [0.2, 0.25) is 0 Å². The number of hydrogen-bond acceptors (Lipinski definition) is 7. The fourth-order valence-electron chi connectivity index (χ4n) is 3.84. The van der Waals surface area contributed by atoms with Gasteiger partial charge in [0.2, 0.25) is 0 Å². The van der Waals surface area contributed by atoms with Crippen molar-refractivity contribution in [2.24, 2.45) is 0 Å². The lowest BCUT2D eigenvalue weighted by Gasteiger charge is -2.13. The van der Waals surface area contributed by atoms with Crippen molar-refractivity contribution >= 4 is 39.7 Å². The molecule has 1 aromatic heterocycles. The molecular weight excluding hydrogens is 440 g/mol. The molecule has 2 aromatic carbocycles. The van der Waals surface area contributed by atoms with Gasteiger partial charge in [-0.15, -0.1) is 0 Å². The predicted molar refractivity (Wildman–Crippen MR) is 130 cm³/mol. The average Bonchev–Trinajstić information content (AvgIpc) is 3.44. The number of carbonyl (C=O) groups excluding carboxylic acids is 1. The number of fused-ring (bicyclic) bond motifs is 1. The summed E-state index contributed by atoms with van der Waals surface area (Å²) < 4.78 is 5.05. The number of nitrogens with zero attached hydrogens (tertiary/aromatic N) is 1. The van der Waals surface area contributed by atoms with Gasteiger partial charge in [0.25, 0.3) is 5.91 Å². The van der Waals surface area contributed by atoms with Crippen molar-refractivity contribution in [2.75, 3.05) is 36.2 Å². The standard InChI is InChI=1S/C24H26N4O4S/c1-32-10-4-9-25-19-8-7-17(23(30)31)13-20(19)28-22(29)21-14-26-24(33-21)27-18-11-15-5-2-3-6-16(15)12-18/h2-3,5-8,13-14,18,25H,4,9-12H2,1H3,(H,26,27)(H,28,29)(H,30,31). The van der Waals surface area contributed by atoms with E-state index in [9.17, 15) is 14.7 Å². The first-order valence-corrected chi connectivity index (χ1v) is 11.6. The molecule has 0 fully saturated rings. The van der Waals surface area contributed by atoms with E-state index in [1.807, 2.05) is 12.1 Å². The lowest BCUT2D eigenvalue weighted by atomic mass is 10.1. The van der Waals surface area contributed by atoms with Gasteiger partial charge in [0.1, 0.15) is 4.88 Å². The normalized spacial score (nSPS) is 12.9. The van der Waals surface area contributed by atoms with E-state index < -0.39 is 5.97 Å². The summed E-state index contributed by atoms with van der Waals surface area (Å²) in [5, 5.41) is 19.5. The van der Waals surface area contributed by atoms with Gasteiger partial charge in [-0.05, 0) is 48.6 Å². The molecule has 0 saturated carbocycles. The number of aromatic nitrogens is 1. The summed E-state index contributed by atoms with van der Waals surface area (Å²) >= 11 is 1.28. The number of nitrogens with one attached hydrogen (secondary N) is 3. The quantitative estimate of drug-likeness (QED) is 0.333. The second-order valence-electron chi connectivity index (χ2n) is 7.84. The van der Waals surface area contributed by atoms with Crippen molar-refractivity contribution < 1.29 is 19.4 Å². The van der Waals surface area contributed by atoms with Gasteiger partial charge < -0.3 is 25.8 Å². The zero-order chi connectivity index (χ0) is 23.2. The topological polar surface area (TPSA) is 113 Å². The highest BCUT2D eigenvalue weighted by Crippen LogP contribution is 2.28. The largest absolute Gasteiger partial charge is 0.478 e. The SMILES string of the molecule is COCCCNc1ccc(C(=O)O)cc1NC(=O)c1cnc(NC2Cc3ccccc3C2)s1. The van der Waals surface area contributed by atoms with E-state index in [2.05, 4.69) is 33.1 Å². The van der Waals surface area contributed by atoms with Gasteiger partial charge in [-0.1, -0.05) is 35.6 Å². The third-order valence-corrected chi connectivity index (χ3v) is 6.39. The molecule has 1 aliphatic carbocycles.